The van der Waals surface area contributed by atoms with E-state index in [1.165, 1.54) is 17.7 Å². The molecule has 12 nitrogen and oxygen atoms in total. The van der Waals surface area contributed by atoms with Crippen molar-refractivity contribution >= 4 is 45.0 Å². The van der Waals surface area contributed by atoms with Gasteiger partial charge in [-0.15, -0.1) is 0 Å². The molecule has 4 aliphatic rings. The van der Waals surface area contributed by atoms with E-state index in [1.54, 1.807) is 9.13 Å². The maximum atomic E-state index is 12.7. The summed E-state index contributed by atoms with van der Waals surface area (Å²) in [5.41, 5.74) is 8.34. The number of allylic oxidation sites excluding steroid dienone is 2. The largest absolute Gasteiger partial charge is 0.335 e. The fraction of sp³-hybridized carbons (Fsp3) is 0.590. The summed E-state index contributed by atoms with van der Waals surface area (Å²) < 4.78 is 23.7. The van der Waals surface area contributed by atoms with Crippen LogP contribution in [0.3, 0.4) is 0 Å². The van der Waals surface area contributed by atoms with E-state index in [0.717, 1.165) is 72.1 Å². The lowest BCUT2D eigenvalue weighted by Crippen LogP contribution is -2.27. The maximum absolute atomic E-state index is 12.7. The molecule has 1 N–H and O–H groups in total. The number of nitrogens with zero attached hydrogens (tertiary/aromatic N) is 7. The Morgan fingerprint density at radius 3 is 1.60 bits per heavy atom. The summed E-state index contributed by atoms with van der Waals surface area (Å²) in [7, 11) is 5.85. The van der Waals surface area contributed by atoms with Crippen molar-refractivity contribution in [2.75, 3.05) is 33.2 Å². The van der Waals surface area contributed by atoms with Gasteiger partial charge in [0, 0.05) is 46.8 Å². The molecule has 0 bridgehead atoms. The van der Waals surface area contributed by atoms with Crippen molar-refractivity contribution < 1.29 is 8.42 Å². The van der Waals surface area contributed by atoms with Crippen LogP contribution in [0.25, 0.3) is 33.5 Å². The second-order valence-corrected chi connectivity index (χ2v) is 17.8. The lowest BCUT2D eigenvalue weighted by atomic mass is 9.97. The smallest absolute Gasteiger partial charge is 0.316 e. The average molecular weight is 731 g/mol. The van der Waals surface area contributed by atoms with Crippen LogP contribution in [-0.2, 0) is 38.8 Å². The highest BCUT2D eigenvalue weighted by atomic mass is 32.1. The third-order valence-corrected chi connectivity index (χ3v) is 10.7. The normalized spacial score (nSPS) is 22.8. The third kappa shape index (κ3) is 7.72. The highest BCUT2D eigenvalue weighted by Gasteiger charge is 2.35. The van der Waals surface area contributed by atoms with Gasteiger partial charge >= 0.3 is 23.0 Å². The Bertz CT molecular complexity index is 2200. The molecule has 2 saturated heterocycles. The molecule has 4 unspecified atom stereocenters. The van der Waals surface area contributed by atoms with Crippen molar-refractivity contribution in [2.45, 2.75) is 67.5 Å². The Balaban J connectivity index is 0.000000166. The zero-order valence-corrected chi connectivity index (χ0v) is 32.9. The average Bonchev–Trinajstić information content (AvgIpc) is 3.90. The number of imidazole rings is 2. The minimum atomic E-state index is -0.750. The van der Waals surface area contributed by atoms with Gasteiger partial charge in [-0.1, -0.05) is 53.7 Å². The standard InChI is InChI=1S/C20H28N4O.C19H26N4O.O2S/c1-20(2,3)12-24-17-7-6-16(21-18(17)23(5)19(24)25)13-8-14-10-22(4)11-15(14)9-13;1-19(2,3)11-23-16-6-5-15(21-17(16)22(4)18(23)24)12-7-13-9-20-10-14(13)8-12;1-3-2/h6-8,14-15H,9-12H2,1-5H3;5-7,13-14,20H,8-11H2,1-4H3;. The van der Waals surface area contributed by atoms with Crippen molar-refractivity contribution in [1.29, 1.82) is 0 Å². The molecule has 0 amide bonds. The van der Waals surface area contributed by atoms with Crippen LogP contribution in [0.4, 0.5) is 0 Å². The SMILES string of the molecule is CN1CC2C=C(c3ccc4c(n3)n(C)c(=O)n4CC(C)(C)C)CC2C1.Cn1c(=O)n(CC(C)(C)C)c2ccc(C3=CC4CNCC4C3)nc21.O=S=O. The lowest BCUT2D eigenvalue weighted by molar-refractivity contribution is 0.342. The molecule has 0 aromatic carbocycles. The molecule has 280 valence electrons. The number of likely N-dealkylation sites (tertiary alicyclic amines) is 1. The van der Waals surface area contributed by atoms with Crippen LogP contribution in [0.2, 0.25) is 0 Å². The third-order valence-electron chi connectivity index (χ3n) is 10.7. The minimum Gasteiger partial charge on any atom is -0.316 e. The minimum absolute atomic E-state index is 0.0195. The first-order chi connectivity index (χ1) is 24.5. The lowest BCUT2D eigenvalue weighted by Gasteiger charge is -2.18. The molecule has 0 saturated carbocycles. The molecule has 13 heteroatoms. The topological polar surface area (TPSA) is 129 Å². The number of hydrogen-bond donors (Lipinski definition) is 1. The zero-order valence-electron chi connectivity index (χ0n) is 32.1. The Labute approximate surface area is 309 Å². The predicted octanol–water partition coefficient (Wildman–Crippen LogP) is 4.48. The Kier molecular flexibility index (Phi) is 10.5. The fourth-order valence-corrected chi connectivity index (χ4v) is 8.45. The van der Waals surface area contributed by atoms with Crippen molar-refractivity contribution in [3.05, 3.63) is 68.8 Å². The van der Waals surface area contributed by atoms with E-state index >= 15 is 0 Å². The van der Waals surface area contributed by atoms with Crippen LogP contribution in [0.5, 0.6) is 0 Å². The molecule has 0 spiro atoms. The maximum Gasteiger partial charge on any atom is 0.335 e. The Hall–Kier alpha value is -3.94. The van der Waals surface area contributed by atoms with Gasteiger partial charge in [0.15, 0.2) is 11.3 Å². The van der Waals surface area contributed by atoms with Gasteiger partial charge in [0.2, 0.25) is 0 Å². The highest BCUT2D eigenvalue weighted by molar-refractivity contribution is 7.51. The number of fused-ring (bicyclic) bond motifs is 4. The van der Waals surface area contributed by atoms with Crippen LogP contribution in [0, 0.1) is 34.5 Å². The van der Waals surface area contributed by atoms with E-state index in [0.29, 0.717) is 30.8 Å². The molecule has 6 heterocycles. The molecule has 4 atom stereocenters. The second kappa shape index (κ2) is 14.5. The first-order valence-corrected chi connectivity index (χ1v) is 19.0. The van der Waals surface area contributed by atoms with Gasteiger partial charge in [0.1, 0.15) is 0 Å². The molecule has 0 radical (unpaired) electrons. The van der Waals surface area contributed by atoms with Gasteiger partial charge in [0.25, 0.3) is 0 Å². The summed E-state index contributed by atoms with van der Waals surface area (Å²) in [5, 5.41) is 3.45. The molecule has 52 heavy (non-hydrogen) atoms. The molecule has 2 aliphatic heterocycles. The van der Waals surface area contributed by atoms with E-state index in [2.05, 4.69) is 95.2 Å². The fourth-order valence-electron chi connectivity index (χ4n) is 8.45. The van der Waals surface area contributed by atoms with Crippen LogP contribution < -0.4 is 16.7 Å². The molecule has 2 aliphatic carbocycles. The number of aromatic nitrogens is 6. The molecule has 8 rings (SSSR count). The summed E-state index contributed by atoms with van der Waals surface area (Å²) in [6.07, 6.45) is 6.98. The molecular weight excluding hydrogens is 677 g/mol. The molecule has 4 aromatic rings. The zero-order chi connectivity index (χ0) is 37.7. The van der Waals surface area contributed by atoms with Crippen LogP contribution in [0.1, 0.15) is 65.8 Å². The van der Waals surface area contributed by atoms with Gasteiger partial charge in [-0.05, 0) is 96.3 Å². The van der Waals surface area contributed by atoms with E-state index in [9.17, 15) is 9.59 Å². The van der Waals surface area contributed by atoms with Crippen molar-refractivity contribution in [3.63, 3.8) is 0 Å². The summed E-state index contributed by atoms with van der Waals surface area (Å²) in [5.74, 6) is 2.75. The molecular formula is C39H54N8O4S. The number of pyridine rings is 2. The van der Waals surface area contributed by atoms with Crippen molar-refractivity contribution in [3.8, 4) is 0 Å². The van der Waals surface area contributed by atoms with E-state index < -0.39 is 11.6 Å². The summed E-state index contributed by atoms with van der Waals surface area (Å²) in [4.78, 5) is 37.4. The summed E-state index contributed by atoms with van der Waals surface area (Å²) >= 11 is -0.750. The second-order valence-electron chi connectivity index (χ2n) is 17.6. The summed E-state index contributed by atoms with van der Waals surface area (Å²) in [6.45, 7) is 18.8. The predicted molar refractivity (Wildman–Crippen MR) is 207 cm³/mol. The first-order valence-electron chi connectivity index (χ1n) is 18.3. The van der Waals surface area contributed by atoms with Crippen molar-refractivity contribution in [1.82, 2.24) is 38.5 Å². The monoisotopic (exact) mass is 730 g/mol. The number of rotatable bonds is 4. The first kappa shape index (κ1) is 37.8. The number of aryl methyl sites for hydroxylation is 2. The quantitative estimate of drug-likeness (QED) is 0.326. The van der Waals surface area contributed by atoms with E-state index in [-0.39, 0.29) is 22.2 Å². The summed E-state index contributed by atoms with van der Waals surface area (Å²) in [6, 6.07) is 8.32. The van der Waals surface area contributed by atoms with Crippen LogP contribution in [0.15, 0.2) is 46.0 Å². The van der Waals surface area contributed by atoms with E-state index in [4.69, 9.17) is 18.4 Å². The van der Waals surface area contributed by atoms with Gasteiger partial charge < -0.3 is 10.2 Å². The Morgan fingerprint density at radius 1 is 0.692 bits per heavy atom. The molecule has 2 fully saturated rings. The van der Waals surface area contributed by atoms with Crippen LogP contribution >= 0.6 is 0 Å². The number of hydrogen-bond acceptors (Lipinski definition) is 8. The Morgan fingerprint density at radius 2 is 1.15 bits per heavy atom. The van der Waals surface area contributed by atoms with Gasteiger partial charge in [-0.25, -0.2) is 19.6 Å². The highest BCUT2D eigenvalue weighted by Crippen LogP contribution is 2.40. The van der Waals surface area contributed by atoms with Crippen molar-refractivity contribution in [2.24, 2.45) is 48.6 Å². The van der Waals surface area contributed by atoms with E-state index in [1.807, 2.05) is 23.2 Å². The number of nitrogens with one attached hydrogen (secondary N) is 1. The van der Waals surface area contributed by atoms with Gasteiger partial charge in [-0.3, -0.25) is 18.3 Å². The van der Waals surface area contributed by atoms with Gasteiger partial charge in [-0.2, -0.15) is 8.42 Å². The van der Waals surface area contributed by atoms with Crippen LogP contribution in [-0.4, -0.2) is 74.8 Å². The molecule has 4 aromatic heterocycles. The van der Waals surface area contributed by atoms with Gasteiger partial charge in [0.05, 0.1) is 22.4 Å².